The molecule has 94 valence electrons. The first kappa shape index (κ1) is 12.1. The second-order valence-electron chi connectivity index (χ2n) is 3.91. The van der Waals surface area contributed by atoms with Gasteiger partial charge in [0.05, 0.1) is 5.69 Å². The Bertz CT molecular complexity index is 606. The highest BCUT2D eigenvalue weighted by molar-refractivity contribution is 5.95. The molecule has 0 fully saturated rings. The van der Waals surface area contributed by atoms with E-state index < -0.39 is 5.82 Å². The number of nitrogens with two attached hydrogens (primary N) is 1. The van der Waals surface area contributed by atoms with E-state index in [9.17, 15) is 4.39 Å². The molecule has 1 aromatic carbocycles. The molecule has 0 bridgehead atoms. The van der Waals surface area contributed by atoms with Crippen molar-refractivity contribution in [2.75, 3.05) is 0 Å². The van der Waals surface area contributed by atoms with Gasteiger partial charge in [0.1, 0.15) is 5.84 Å². The zero-order chi connectivity index (χ0) is 13.3. The van der Waals surface area contributed by atoms with Crippen LogP contribution in [-0.4, -0.2) is 15.6 Å². The van der Waals surface area contributed by atoms with Crippen LogP contribution in [0.5, 0.6) is 11.6 Å². The molecule has 5 nitrogen and oxygen atoms in total. The number of nitrogens with zero attached hydrogens (tertiary/aromatic N) is 2. The summed E-state index contributed by atoms with van der Waals surface area (Å²) in [5.74, 6) is -0.233. The van der Waals surface area contributed by atoms with Crippen molar-refractivity contribution in [3.8, 4) is 11.6 Å². The highest BCUT2D eigenvalue weighted by Crippen LogP contribution is 2.25. The first-order chi connectivity index (χ1) is 8.47. The Morgan fingerprint density at radius 2 is 2.17 bits per heavy atom. The van der Waals surface area contributed by atoms with E-state index in [-0.39, 0.29) is 11.6 Å². The SMILES string of the molecule is Cc1cc(Oc2ccc(C(=N)N)cc2F)n(C)n1. The summed E-state index contributed by atoms with van der Waals surface area (Å²) in [5.41, 5.74) is 6.38. The minimum absolute atomic E-state index is 0.0722. The summed E-state index contributed by atoms with van der Waals surface area (Å²) in [6, 6.07) is 5.84. The lowest BCUT2D eigenvalue weighted by Gasteiger charge is -2.07. The number of nitrogens with one attached hydrogen (secondary N) is 1. The van der Waals surface area contributed by atoms with Gasteiger partial charge in [0.2, 0.25) is 5.88 Å². The molecular formula is C12H13FN4O. The molecule has 18 heavy (non-hydrogen) atoms. The van der Waals surface area contributed by atoms with Crippen molar-refractivity contribution in [1.82, 2.24) is 9.78 Å². The number of aromatic nitrogens is 2. The lowest BCUT2D eigenvalue weighted by atomic mass is 10.2. The third kappa shape index (κ3) is 2.32. The van der Waals surface area contributed by atoms with E-state index in [0.717, 1.165) is 5.69 Å². The van der Waals surface area contributed by atoms with Crippen LogP contribution >= 0.6 is 0 Å². The molecule has 2 aromatic rings. The molecule has 6 heteroatoms. The summed E-state index contributed by atoms with van der Waals surface area (Å²) in [4.78, 5) is 0. The highest BCUT2D eigenvalue weighted by atomic mass is 19.1. The van der Waals surface area contributed by atoms with Crippen LogP contribution in [0, 0.1) is 18.2 Å². The first-order valence-electron chi connectivity index (χ1n) is 5.30. The average Bonchev–Trinajstić information content (AvgIpc) is 2.60. The summed E-state index contributed by atoms with van der Waals surface area (Å²) < 4.78 is 20.7. The number of hydrogen-bond donors (Lipinski definition) is 2. The van der Waals surface area contributed by atoms with E-state index in [1.165, 1.54) is 22.9 Å². The topological polar surface area (TPSA) is 76.9 Å². The molecule has 1 aromatic heterocycles. The van der Waals surface area contributed by atoms with Crippen LogP contribution in [0.15, 0.2) is 24.3 Å². The van der Waals surface area contributed by atoms with Crippen molar-refractivity contribution in [1.29, 1.82) is 5.41 Å². The van der Waals surface area contributed by atoms with Crippen molar-refractivity contribution < 1.29 is 9.13 Å². The van der Waals surface area contributed by atoms with E-state index >= 15 is 0 Å². The van der Waals surface area contributed by atoms with Gasteiger partial charge < -0.3 is 10.5 Å². The Morgan fingerprint density at radius 1 is 1.44 bits per heavy atom. The van der Waals surface area contributed by atoms with Crippen LogP contribution in [0.3, 0.4) is 0 Å². The second kappa shape index (κ2) is 4.48. The molecule has 0 aliphatic carbocycles. The summed E-state index contributed by atoms with van der Waals surface area (Å²) in [5, 5.41) is 11.3. The van der Waals surface area contributed by atoms with Crippen molar-refractivity contribution >= 4 is 5.84 Å². The predicted octanol–water partition coefficient (Wildman–Crippen LogP) is 1.94. The van der Waals surface area contributed by atoms with Crippen LogP contribution in [0.2, 0.25) is 0 Å². The van der Waals surface area contributed by atoms with Crippen LogP contribution in [0.4, 0.5) is 4.39 Å². The lowest BCUT2D eigenvalue weighted by molar-refractivity contribution is 0.403. The Labute approximate surface area is 103 Å². The summed E-state index contributed by atoms with van der Waals surface area (Å²) in [6.07, 6.45) is 0. The van der Waals surface area contributed by atoms with E-state index in [1.54, 1.807) is 13.1 Å². The number of halogens is 1. The number of amidine groups is 1. The van der Waals surface area contributed by atoms with Gasteiger partial charge in [-0.05, 0) is 25.1 Å². The van der Waals surface area contributed by atoms with Crippen molar-refractivity contribution in [2.45, 2.75) is 6.92 Å². The normalized spacial score (nSPS) is 10.4. The molecule has 2 rings (SSSR count). The third-order valence-electron chi connectivity index (χ3n) is 2.42. The van der Waals surface area contributed by atoms with Crippen LogP contribution < -0.4 is 10.5 Å². The Morgan fingerprint density at radius 3 is 2.67 bits per heavy atom. The average molecular weight is 248 g/mol. The monoisotopic (exact) mass is 248 g/mol. The van der Waals surface area contributed by atoms with E-state index in [2.05, 4.69) is 5.10 Å². The van der Waals surface area contributed by atoms with E-state index in [4.69, 9.17) is 15.9 Å². The molecule has 0 saturated carbocycles. The van der Waals surface area contributed by atoms with Gasteiger partial charge in [-0.1, -0.05) is 0 Å². The standard InChI is InChI=1S/C12H13FN4O/c1-7-5-11(17(2)16-7)18-10-4-3-8(12(14)15)6-9(10)13/h3-6H,1-2H3,(H3,14,15). The predicted molar refractivity (Wildman–Crippen MR) is 65.4 cm³/mol. The number of aryl methyl sites for hydroxylation is 2. The molecule has 0 atom stereocenters. The maximum absolute atomic E-state index is 13.7. The quantitative estimate of drug-likeness (QED) is 0.643. The molecule has 1 heterocycles. The van der Waals surface area contributed by atoms with Gasteiger partial charge in [-0.15, -0.1) is 0 Å². The molecule has 0 spiro atoms. The van der Waals surface area contributed by atoms with Gasteiger partial charge in [-0.2, -0.15) is 5.10 Å². The van der Waals surface area contributed by atoms with Gasteiger partial charge >= 0.3 is 0 Å². The van der Waals surface area contributed by atoms with E-state index in [1.807, 2.05) is 6.92 Å². The van der Waals surface area contributed by atoms with Gasteiger partial charge in [0, 0.05) is 18.7 Å². The smallest absolute Gasteiger partial charge is 0.217 e. The van der Waals surface area contributed by atoms with Crippen LogP contribution in [0.25, 0.3) is 0 Å². The minimum atomic E-state index is -0.568. The molecule has 0 amide bonds. The Balaban J connectivity index is 2.30. The van der Waals surface area contributed by atoms with Gasteiger partial charge in [0.25, 0.3) is 0 Å². The van der Waals surface area contributed by atoms with Gasteiger partial charge in [-0.25, -0.2) is 9.07 Å². The minimum Gasteiger partial charge on any atom is -0.436 e. The molecule has 0 radical (unpaired) electrons. The number of rotatable bonds is 3. The third-order valence-corrected chi connectivity index (χ3v) is 2.42. The zero-order valence-corrected chi connectivity index (χ0v) is 10.1. The van der Waals surface area contributed by atoms with Crippen LogP contribution in [-0.2, 0) is 7.05 Å². The number of hydrogen-bond acceptors (Lipinski definition) is 3. The number of nitrogen functional groups attached to an aromatic ring is 1. The Hall–Kier alpha value is -2.37. The summed E-state index contributed by atoms with van der Waals surface area (Å²) in [6.45, 7) is 1.82. The van der Waals surface area contributed by atoms with Crippen molar-refractivity contribution in [3.63, 3.8) is 0 Å². The fourth-order valence-electron chi connectivity index (χ4n) is 1.55. The zero-order valence-electron chi connectivity index (χ0n) is 10.1. The lowest BCUT2D eigenvalue weighted by Crippen LogP contribution is -2.11. The molecule has 0 aliphatic heterocycles. The van der Waals surface area contributed by atoms with Crippen molar-refractivity contribution in [3.05, 3.63) is 41.3 Å². The molecule has 0 aliphatic rings. The molecule has 0 saturated heterocycles. The highest BCUT2D eigenvalue weighted by Gasteiger charge is 2.10. The number of benzene rings is 1. The second-order valence-corrected chi connectivity index (χ2v) is 3.91. The molecule has 3 N–H and O–H groups in total. The maximum atomic E-state index is 13.7. The fourth-order valence-corrected chi connectivity index (χ4v) is 1.55. The number of ether oxygens (including phenoxy) is 1. The van der Waals surface area contributed by atoms with E-state index in [0.29, 0.717) is 11.4 Å². The fraction of sp³-hybridized carbons (Fsp3) is 0.167. The Kier molecular flexibility index (Phi) is 3.01. The first-order valence-corrected chi connectivity index (χ1v) is 5.30. The maximum Gasteiger partial charge on any atom is 0.217 e. The van der Waals surface area contributed by atoms with Gasteiger partial charge in [0.15, 0.2) is 11.6 Å². The van der Waals surface area contributed by atoms with Crippen LogP contribution in [0.1, 0.15) is 11.3 Å². The summed E-state index contributed by atoms with van der Waals surface area (Å²) in [7, 11) is 1.71. The summed E-state index contributed by atoms with van der Waals surface area (Å²) >= 11 is 0. The van der Waals surface area contributed by atoms with Crippen molar-refractivity contribution in [2.24, 2.45) is 12.8 Å². The molecular weight excluding hydrogens is 235 g/mol. The largest absolute Gasteiger partial charge is 0.436 e. The molecule has 0 unspecified atom stereocenters. The van der Waals surface area contributed by atoms with Gasteiger partial charge in [-0.3, -0.25) is 5.41 Å².